The summed E-state index contributed by atoms with van der Waals surface area (Å²) in [5.74, 6) is 0.802. The Bertz CT molecular complexity index is 854. The molecule has 6 heteroatoms. The van der Waals surface area contributed by atoms with Crippen molar-refractivity contribution >= 4 is 55.1 Å². The molecule has 0 bridgehead atoms. The zero-order chi connectivity index (χ0) is 14.3. The lowest BCUT2D eigenvalue weighted by atomic mass is 10.2. The number of hydrogen-bond donors (Lipinski definition) is 1. The van der Waals surface area contributed by atoms with Gasteiger partial charge in [-0.05, 0) is 58.5 Å². The van der Waals surface area contributed by atoms with Gasteiger partial charge in [-0.25, -0.2) is 0 Å². The molecule has 0 saturated carbocycles. The molecule has 1 N–H and O–H groups in total. The number of benzene rings is 2. The summed E-state index contributed by atoms with van der Waals surface area (Å²) in [6.07, 6.45) is 0. The number of hydrogen-bond acceptors (Lipinski definition) is 2. The van der Waals surface area contributed by atoms with Crippen LogP contribution in [0.4, 0.5) is 0 Å². The number of halogens is 2. The number of nitrogens with one attached hydrogen (secondary N) is 1. The maximum atomic E-state index is 5.44. The maximum absolute atomic E-state index is 5.44. The van der Waals surface area contributed by atoms with Gasteiger partial charge in [0.1, 0.15) is 5.75 Å². The first-order chi connectivity index (χ1) is 9.60. The minimum absolute atomic E-state index is 0.649. The average Bonchev–Trinajstić information content (AvgIpc) is 2.74. The van der Waals surface area contributed by atoms with Gasteiger partial charge in [-0.15, -0.1) is 0 Å². The Hall–Kier alpha value is -1.11. The van der Waals surface area contributed by atoms with Crippen molar-refractivity contribution in [1.29, 1.82) is 0 Å². The van der Waals surface area contributed by atoms with E-state index in [1.807, 2.05) is 41.0 Å². The van der Waals surface area contributed by atoms with Crippen molar-refractivity contribution in [2.24, 2.45) is 0 Å². The summed E-state index contributed by atoms with van der Waals surface area (Å²) in [5, 5.41) is 0. The Balaban J connectivity index is 2.31. The second-order valence-electron chi connectivity index (χ2n) is 4.24. The van der Waals surface area contributed by atoms with Crippen LogP contribution in [0.1, 0.15) is 0 Å². The molecule has 102 valence electrons. The Kier molecular flexibility index (Phi) is 3.70. The molecule has 0 spiro atoms. The minimum atomic E-state index is 0.649. The van der Waals surface area contributed by atoms with Crippen LogP contribution in [0.25, 0.3) is 16.7 Å². The highest BCUT2D eigenvalue weighted by Crippen LogP contribution is 2.29. The van der Waals surface area contributed by atoms with Crippen molar-refractivity contribution in [3.63, 3.8) is 0 Å². The number of fused-ring (bicyclic) bond motifs is 1. The van der Waals surface area contributed by atoms with E-state index < -0.39 is 0 Å². The highest BCUT2D eigenvalue weighted by molar-refractivity contribution is 9.11. The number of rotatable bonds is 2. The number of ether oxygens (including phenoxy) is 1. The van der Waals surface area contributed by atoms with Gasteiger partial charge in [0, 0.05) is 15.0 Å². The van der Waals surface area contributed by atoms with Crippen molar-refractivity contribution in [1.82, 2.24) is 9.55 Å². The third kappa shape index (κ3) is 2.32. The molecular weight excluding hydrogens is 404 g/mol. The van der Waals surface area contributed by atoms with E-state index in [9.17, 15) is 0 Å². The third-order valence-electron chi connectivity index (χ3n) is 3.04. The zero-order valence-electron chi connectivity index (χ0n) is 10.5. The molecule has 1 aromatic heterocycles. The summed E-state index contributed by atoms with van der Waals surface area (Å²) >= 11 is 12.5. The zero-order valence-corrected chi connectivity index (χ0v) is 14.5. The molecule has 0 unspecified atom stereocenters. The first-order valence-corrected chi connectivity index (χ1v) is 7.84. The highest BCUT2D eigenvalue weighted by atomic mass is 79.9. The van der Waals surface area contributed by atoms with Gasteiger partial charge in [-0.1, -0.05) is 15.9 Å². The smallest absolute Gasteiger partial charge is 0.182 e. The summed E-state index contributed by atoms with van der Waals surface area (Å²) in [7, 11) is 1.65. The van der Waals surface area contributed by atoms with E-state index in [0.717, 1.165) is 31.4 Å². The largest absolute Gasteiger partial charge is 0.497 e. The van der Waals surface area contributed by atoms with Crippen LogP contribution < -0.4 is 4.74 Å². The third-order valence-corrected chi connectivity index (χ3v) is 4.45. The van der Waals surface area contributed by atoms with Crippen LogP contribution in [0.3, 0.4) is 0 Å². The predicted molar refractivity (Wildman–Crippen MR) is 90.4 cm³/mol. The summed E-state index contributed by atoms with van der Waals surface area (Å²) in [6.45, 7) is 0. The number of aromatic amines is 1. The fourth-order valence-electron chi connectivity index (χ4n) is 2.12. The molecule has 0 saturated heterocycles. The van der Waals surface area contributed by atoms with Crippen LogP contribution in [0, 0.1) is 4.77 Å². The van der Waals surface area contributed by atoms with Crippen LogP contribution >= 0.6 is 44.1 Å². The van der Waals surface area contributed by atoms with Crippen molar-refractivity contribution < 1.29 is 4.74 Å². The Morgan fingerprint density at radius 3 is 2.65 bits per heavy atom. The average molecular weight is 414 g/mol. The van der Waals surface area contributed by atoms with E-state index in [2.05, 4.69) is 36.8 Å². The van der Waals surface area contributed by atoms with Gasteiger partial charge in [-0.3, -0.25) is 4.57 Å². The molecule has 0 aliphatic heterocycles. The van der Waals surface area contributed by atoms with E-state index in [1.54, 1.807) is 7.11 Å². The number of H-pyrrole nitrogens is 1. The van der Waals surface area contributed by atoms with Gasteiger partial charge in [0.15, 0.2) is 4.77 Å². The molecule has 3 nitrogen and oxygen atoms in total. The topological polar surface area (TPSA) is 29.9 Å². The van der Waals surface area contributed by atoms with Crippen molar-refractivity contribution in [3.05, 3.63) is 50.1 Å². The van der Waals surface area contributed by atoms with Crippen LogP contribution in [-0.4, -0.2) is 16.7 Å². The normalized spacial score (nSPS) is 10.9. The molecule has 0 aliphatic rings. The van der Waals surface area contributed by atoms with Gasteiger partial charge in [-0.2, -0.15) is 0 Å². The second kappa shape index (κ2) is 5.35. The fraction of sp³-hybridized carbons (Fsp3) is 0.0714. The Morgan fingerprint density at radius 1 is 1.15 bits per heavy atom. The van der Waals surface area contributed by atoms with E-state index >= 15 is 0 Å². The lowest BCUT2D eigenvalue weighted by molar-refractivity contribution is 0.415. The monoisotopic (exact) mass is 412 g/mol. The van der Waals surface area contributed by atoms with Crippen LogP contribution in [0.5, 0.6) is 5.75 Å². The fourth-order valence-corrected chi connectivity index (χ4v) is 3.65. The van der Waals surface area contributed by atoms with Gasteiger partial charge in [0.25, 0.3) is 0 Å². The lowest BCUT2D eigenvalue weighted by Crippen LogP contribution is -1.95. The van der Waals surface area contributed by atoms with Gasteiger partial charge >= 0.3 is 0 Å². The first-order valence-electron chi connectivity index (χ1n) is 5.84. The number of aromatic nitrogens is 2. The van der Waals surface area contributed by atoms with E-state index in [4.69, 9.17) is 17.0 Å². The SMILES string of the molecule is COc1ccc2c(c1)[nH]c(=S)n2-c1ccc(Br)cc1Br. The predicted octanol–water partition coefficient (Wildman–Crippen LogP) is 5.22. The molecule has 0 amide bonds. The van der Waals surface area contributed by atoms with Crippen molar-refractivity contribution in [3.8, 4) is 11.4 Å². The molecule has 1 heterocycles. The van der Waals surface area contributed by atoms with Crippen molar-refractivity contribution in [2.75, 3.05) is 7.11 Å². The first kappa shape index (κ1) is 13.9. The molecule has 0 radical (unpaired) electrons. The molecule has 3 aromatic rings. The molecule has 3 rings (SSSR count). The summed E-state index contributed by atoms with van der Waals surface area (Å²) in [6, 6.07) is 11.9. The molecule has 20 heavy (non-hydrogen) atoms. The summed E-state index contributed by atoms with van der Waals surface area (Å²) in [4.78, 5) is 3.21. The van der Waals surface area contributed by atoms with E-state index in [0.29, 0.717) is 4.77 Å². The lowest BCUT2D eigenvalue weighted by Gasteiger charge is -2.08. The van der Waals surface area contributed by atoms with Gasteiger partial charge in [0.05, 0.1) is 23.8 Å². The van der Waals surface area contributed by atoms with Crippen LogP contribution in [-0.2, 0) is 0 Å². The summed E-state index contributed by atoms with van der Waals surface area (Å²) < 4.78 is 9.87. The number of nitrogens with zero attached hydrogens (tertiary/aromatic N) is 1. The van der Waals surface area contributed by atoms with Crippen LogP contribution in [0.2, 0.25) is 0 Å². The highest BCUT2D eigenvalue weighted by Gasteiger charge is 2.10. The molecule has 0 atom stereocenters. The molecule has 2 aromatic carbocycles. The Morgan fingerprint density at radius 2 is 1.95 bits per heavy atom. The minimum Gasteiger partial charge on any atom is -0.497 e. The number of imidazole rings is 1. The standard InChI is InChI=1S/C14H10Br2N2OS/c1-19-9-3-5-13-11(7-9)17-14(20)18(13)12-4-2-8(15)6-10(12)16/h2-7H,1H3,(H,17,20). The number of methoxy groups -OCH3 is 1. The van der Waals surface area contributed by atoms with Crippen molar-refractivity contribution in [2.45, 2.75) is 0 Å². The van der Waals surface area contributed by atoms with Crippen LogP contribution in [0.15, 0.2) is 45.3 Å². The molecule has 0 fully saturated rings. The van der Waals surface area contributed by atoms with E-state index in [-0.39, 0.29) is 0 Å². The maximum Gasteiger partial charge on any atom is 0.182 e. The van der Waals surface area contributed by atoms with E-state index in [1.165, 1.54) is 0 Å². The second-order valence-corrected chi connectivity index (χ2v) is 6.40. The van der Waals surface area contributed by atoms with Gasteiger partial charge in [0.2, 0.25) is 0 Å². The van der Waals surface area contributed by atoms with Gasteiger partial charge < -0.3 is 9.72 Å². The molecular formula is C14H10Br2N2OS. The Labute approximate surface area is 137 Å². The molecule has 0 aliphatic carbocycles. The summed E-state index contributed by atoms with van der Waals surface area (Å²) in [5.41, 5.74) is 2.96. The quantitative estimate of drug-likeness (QED) is 0.583.